The second-order valence-electron chi connectivity index (χ2n) is 5.16. The monoisotopic (exact) mass is 405 g/mol. The van der Waals surface area contributed by atoms with Gasteiger partial charge in [-0.05, 0) is 43.3 Å². The molecule has 24 heavy (non-hydrogen) atoms. The van der Waals surface area contributed by atoms with E-state index in [1.165, 1.54) is 0 Å². The fourth-order valence-electron chi connectivity index (χ4n) is 2.48. The van der Waals surface area contributed by atoms with E-state index in [4.69, 9.17) is 16.8 Å². The van der Waals surface area contributed by atoms with E-state index < -0.39 is 5.91 Å². The number of amides is 1. The molecule has 0 aliphatic heterocycles. The Balaban J connectivity index is 2.24. The number of nitrogens with zero attached hydrogens (tertiary/aromatic N) is 2. The number of rotatable bonds is 3. The highest BCUT2D eigenvalue weighted by molar-refractivity contribution is 9.10. The summed E-state index contributed by atoms with van der Waals surface area (Å²) in [5, 5.41) is 13.9. The third kappa shape index (κ3) is 3.08. The van der Waals surface area contributed by atoms with Gasteiger partial charge in [0, 0.05) is 20.6 Å². The molecule has 0 aliphatic rings. The van der Waals surface area contributed by atoms with Gasteiger partial charge in [0.15, 0.2) is 5.69 Å². The normalized spacial score (nSPS) is 10.7. The second-order valence-corrected chi connectivity index (χ2v) is 6.51. The van der Waals surface area contributed by atoms with E-state index in [2.05, 4.69) is 21.0 Å². The predicted octanol–water partition coefficient (Wildman–Crippen LogP) is 4.38. The number of nitrogens with one attached hydrogen (secondary N) is 1. The highest BCUT2D eigenvalue weighted by Crippen LogP contribution is 2.30. The van der Waals surface area contributed by atoms with Gasteiger partial charge in [0.2, 0.25) is 0 Å². The minimum atomic E-state index is -0.654. The van der Waals surface area contributed by atoms with Gasteiger partial charge in [0.05, 0.1) is 11.4 Å². The predicted molar refractivity (Wildman–Crippen MR) is 95.7 cm³/mol. The van der Waals surface area contributed by atoms with Crippen LogP contribution in [0.15, 0.2) is 53.0 Å². The molecule has 0 atom stereocenters. The van der Waals surface area contributed by atoms with Crippen molar-refractivity contribution in [3.63, 3.8) is 0 Å². The van der Waals surface area contributed by atoms with Crippen molar-refractivity contribution in [3.8, 4) is 16.9 Å². The highest BCUT2D eigenvalue weighted by Gasteiger charge is 2.21. The zero-order valence-electron chi connectivity index (χ0n) is 12.6. The summed E-state index contributed by atoms with van der Waals surface area (Å²) in [4.78, 5) is 11.9. The molecule has 5 nitrogen and oxygen atoms in total. The molecule has 0 saturated heterocycles. The Morgan fingerprint density at radius 1 is 1.17 bits per heavy atom. The number of hydrogen-bond acceptors (Lipinski definition) is 3. The number of carbonyl (C=O) groups is 1. The lowest BCUT2D eigenvalue weighted by atomic mass is 10.1. The Morgan fingerprint density at radius 3 is 2.38 bits per heavy atom. The quantitative estimate of drug-likeness (QED) is 0.501. The zero-order valence-corrected chi connectivity index (χ0v) is 15.0. The first-order chi connectivity index (χ1) is 11.5. The van der Waals surface area contributed by atoms with Gasteiger partial charge in [-0.3, -0.25) is 10.0 Å². The van der Waals surface area contributed by atoms with Crippen LogP contribution in [0.4, 0.5) is 0 Å². The maximum Gasteiger partial charge on any atom is 0.295 e. The minimum Gasteiger partial charge on any atom is -0.288 e. The fourth-order valence-corrected chi connectivity index (χ4v) is 2.87. The van der Waals surface area contributed by atoms with Gasteiger partial charge in [0.25, 0.3) is 5.91 Å². The Hall–Kier alpha value is -2.15. The van der Waals surface area contributed by atoms with Gasteiger partial charge in [-0.15, -0.1) is 0 Å². The molecule has 122 valence electrons. The lowest BCUT2D eigenvalue weighted by Crippen LogP contribution is -2.20. The number of aromatic nitrogens is 2. The van der Waals surface area contributed by atoms with Crippen molar-refractivity contribution in [2.45, 2.75) is 6.92 Å². The summed E-state index contributed by atoms with van der Waals surface area (Å²) in [5.74, 6) is -0.654. The molecule has 0 bridgehead atoms. The fraction of sp³-hybridized carbons (Fsp3) is 0.0588. The van der Waals surface area contributed by atoms with Crippen molar-refractivity contribution in [3.05, 3.63) is 69.3 Å². The second kappa shape index (κ2) is 6.76. The van der Waals surface area contributed by atoms with Crippen LogP contribution in [-0.4, -0.2) is 20.9 Å². The molecule has 0 fully saturated rings. The van der Waals surface area contributed by atoms with Gasteiger partial charge in [-0.2, -0.15) is 5.10 Å². The van der Waals surface area contributed by atoms with Crippen molar-refractivity contribution in [1.29, 1.82) is 0 Å². The molecule has 0 aliphatic carbocycles. The first kappa shape index (κ1) is 16.7. The first-order valence-electron chi connectivity index (χ1n) is 7.07. The first-order valence-corrected chi connectivity index (χ1v) is 8.24. The van der Waals surface area contributed by atoms with Gasteiger partial charge in [-0.1, -0.05) is 39.7 Å². The summed E-state index contributed by atoms with van der Waals surface area (Å²) in [7, 11) is 0. The maximum absolute atomic E-state index is 11.9. The molecular formula is C17H13BrClN3O2. The maximum atomic E-state index is 11.9. The summed E-state index contributed by atoms with van der Waals surface area (Å²) in [6, 6.07) is 14.8. The zero-order chi connectivity index (χ0) is 17.3. The molecule has 3 rings (SSSR count). The van der Waals surface area contributed by atoms with Gasteiger partial charge in [-0.25, -0.2) is 10.2 Å². The molecule has 0 radical (unpaired) electrons. The lowest BCUT2D eigenvalue weighted by molar-refractivity contribution is 0.0699. The average molecular weight is 407 g/mol. The van der Waals surface area contributed by atoms with Crippen molar-refractivity contribution in [1.82, 2.24) is 15.3 Å². The lowest BCUT2D eigenvalue weighted by Gasteiger charge is -2.09. The molecule has 3 aromatic rings. The van der Waals surface area contributed by atoms with E-state index in [1.54, 1.807) is 29.2 Å². The Bertz CT molecular complexity index is 889. The molecular weight excluding hydrogens is 394 g/mol. The van der Waals surface area contributed by atoms with Crippen molar-refractivity contribution < 1.29 is 10.0 Å². The molecule has 2 N–H and O–H groups in total. The van der Waals surface area contributed by atoms with Crippen LogP contribution in [-0.2, 0) is 0 Å². The molecule has 1 heterocycles. The van der Waals surface area contributed by atoms with Crippen molar-refractivity contribution in [2.75, 3.05) is 0 Å². The SMILES string of the molecule is Cc1c(C(=O)NO)nn(-c2ccc(Cl)cc2)c1-c1ccc(Br)cc1. The van der Waals surface area contributed by atoms with E-state index in [1.807, 2.05) is 36.4 Å². The summed E-state index contributed by atoms with van der Waals surface area (Å²) in [6.07, 6.45) is 0. The number of halogens is 2. The summed E-state index contributed by atoms with van der Waals surface area (Å²) >= 11 is 9.36. The molecule has 0 unspecified atom stereocenters. The van der Waals surface area contributed by atoms with E-state index in [0.717, 1.165) is 21.4 Å². The van der Waals surface area contributed by atoms with E-state index in [9.17, 15) is 4.79 Å². The summed E-state index contributed by atoms with van der Waals surface area (Å²) in [5.41, 5.74) is 4.89. The molecule has 0 spiro atoms. The van der Waals surface area contributed by atoms with Crippen molar-refractivity contribution in [2.24, 2.45) is 0 Å². The van der Waals surface area contributed by atoms with E-state index in [0.29, 0.717) is 10.6 Å². The number of hydroxylamine groups is 1. The largest absolute Gasteiger partial charge is 0.295 e. The van der Waals surface area contributed by atoms with Crippen LogP contribution in [0.2, 0.25) is 5.02 Å². The van der Waals surface area contributed by atoms with E-state index in [-0.39, 0.29) is 5.69 Å². The summed E-state index contributed by atoms with van der Waals surface area (Å²) in [6.45, 7) is 1.79. The van der Waals surface area contributed by atoms with Crippen LogP contribution in [0.3, 0.4) is 0 Å². The Kier molecular flexibility index (Phi) is 4.71. The Morgan fingerprint density at radius 2 is 1.79 bits per heavy atom. The third-order valence-corrected chi connectivity index (χ3v) is 4.41. The molecule has 1 amide bonds. The molecule has 7 heteroatoms. The van der Waals surface area contributed by atoms with E-state index >= 15 is 0 Å². The van der Waals surface area contributed by atoms with Gasteiger partial charge in [0.1, 0.15) is 0 Å². The van der Waals surface area contributed by atoms with Crippen LogP contribution in [0.1, 0.15) is 16.1 Å². The molecule has 1 aromatic heterocycles. The van der Waals surface area contributed by atoms with Gasteiger partial charge >= 0.3 is 0 Å². The average Bonchev–Trinajstić information content (AvgIpc) is 2.93. The number of hydrogen-bond donors (Lipinski definition) is 2. The smallest absolute Gasteiger partial charge is 0.288 e. The van der Waals surface area contributed by atoms with Crippen LogP contribution >= 0.6 is 27.5 Å². The topological polar surface area (TPSA) is 67.2 Å². The summed E-state index contributed by atoms with van der Waals surface area (Å²) < 4.78 is 2.62. The standard InChI is InChI=1S/C17H13BrClN3O2/c1-10-15(17(23)21-24)20-22(14-8-6-13(19)7-9-14)16(10)11-2-4-12(18)5-3-11/h2-9,24H,1H3,(H,21,23). The molecule has 0 saturated carbocycles. The number of benzene rings is 2. The third-order valence-electron chi connectivity index (χ3n) is 3.63. The number of carbonyl (C=O) groups excluding carboxylic acids is 1. The van der Waals surface area contributed by atoms with Crippen LogP contribution in [0.5, 0.6) is 0 Å². The van der Waals surface area contributed by atoms with Crippen LogP contribution < -0.4 is 5.48 Å². The Labute approximate surface area is 152 Å². The highest BCUT2D eigenvalue weighted by atomic mass is 79.9. The minimum absolute atomic E-state index is 0.158. The van der Waals surface area contributed by atoms with Crippen LogP contribution in [0.25, 0.3) is 16.9 Å². The van der Waals surface area contributed by atoms with Gasteiger partial charge < -0.3 is 0 Å². The molecule has 2 aromatic carbocycles. The van der Waals surface area contributed by atoms with Crippen LogP contribution in [0, 0.1) is 6.92 Å². The van der Waals surface area contributed by atoms with Crippen molar-refractivity contribution >= 4 is 33.4 Å².